The molecule has 0 bridgehead atoms. The second kappa shape index (κ2) is 2.96. The van der Waals surface area contributed by atoms with Gasteiger partial charge in [0.25, 0.3) is 11.9 Å². The number of nitrogen functional groups attached to an aromatic ring is 1. The summed E-state index contributed by atoms with van der Waals surface area (Å²) in [6.07, 6.45) is 0. The van der Waals surface area contributed by atoms with Crippen LogP contribution in [0.15, 0.2) is 0 Å². The van der Waals surface area contributed by atoms with Gasteiger partial charge in [-0.1, -0.05) is 0 Å². The molecular weight excluding hydrogens is 161 g/mol. The Morgan fingerprint density at radius 1 is 1.36 bits per heavy atom. The van der Waals surface area contributed by atoms with Crippen molar-refractivity contribution in [2.24, 2.45) is 6.66 Å². The first-order valence-corrected chi connectivity index (χ1v) is 4.84. The molecule has 0 fully saturated rings. The molecular formula is C5H11N5P+. The zero-order valence-corrected chi connectivity index (χ0v) is 7.71. The lowest BCUT2D eigenvalue weighted by Gasteiger charge is -2.05. The summed E-state index contributed by atoms with van der Waals surface area (Å²) in [6, 6.07) is 0. The summed E-state index contributed by atoms with van der Waals surface area (Å²) in [4.78, 5) is 5.77. The van der Waals surface area contributed by atoms with Crippen LogP contribution >= 0.6 is 7.85 Å². The van der Waals surface area contributed by atoms with E-state index in [9.17, 15) is 0 Å². The number of hydrogen-bond acceptors (Lipinski definition) is 5. The molecule has 1 atom stereocenters. The van der Waals surface area contributed by atoms with Crippen LogP contribution in [0.4, 0.5) is 11.9 Å². The van der Waals surface area contributed by atoms with Crippen LogP contribution in [0, 0.1) is 0 Å². The first-order chi connectivity index (χ1) is 5.09. The molecule has 11 heavy (non-hydrogen) atoms. The standard InChI is InChI=1S/C5H11N5P/c1-10(2)5-7-4(6)8-11(3)9-5/h1-3H3,(H2,6,7,8,9)/q+1. The molecule has 1 aromatic rings. The van der Waals surface area contributed by atoms with Gasteiger partial charge in [0.15, 0.2) is 0 Å². The molecule has 0 aliphatic heterocycles. The van der Waals surface area contributed by atoms with Gasteiger partial charge in [-0.3, -0.25) is 0 Å². The van der Waals surface area contributed by atoms with E-state index in [0.29, 0.717) is 11.9 Å². The Morgan fingerprint density at radius 3 is 2.45 bits per heavy atom. The summed E-state index contributed by atoms with van der Waals surface area (Å²) < 4.78 is 8.20. The van der Waals surface area contributed by atoms with Crippen molar-refractivity contribution in [3.05, 3.63) is 0 Å². The van der Waals surface area contributed by atoms with Crippen molar-refractivity contribution in [1.29, 1.82) is 0 Å². The van der Waals surface area contributed by atoms with E-state index in [0.717, 1.165) is 0 Å². The lowest BCUT2D eigenvalue weighted by molar-refractivity contribution is 1.02. The third-order valence-electron chi connectivity index (χ3n) is 1.10. The van der Waals surface area contributed by atoms with Gasteiger partial charge in [-0.2, -0.15) is 4.98 Å². The van der Waals surface area contributed by atoms with Gasteiger partial charge in [-0.25, -0.2) is 0 Å². The number of anilines is 2. The van der Waals surface area contributed by atoms with Crippen molar-refractivity contribution >= 4 is 19.7 Å². The largest absolute Gasteiger partial charge is 0.365 e. The highest BCUT2D eigenvalue weighted by molar-refractivity contribution is 7.39. The van der Waals surface area contributed by atoms with E-state index in [4.69, 9.17) is 5.73 Å². The van der Waals surface area contributed by atoms with Crippen molar-refractivity contribution in [3.8, 4) is 0 Å². The second-order valence-corrected chi connectivity index (χ2v) is 3.73. The smallest absolute Gasteiger partial charge is 0.355 e. The summed E-state index contributed by atoms with van der Waals surface area (Å²) >= 11 is 0. The average molecular weight is 172 g/mol. The topological polar surface area (TPSA) is 67.9 Å². The van der Waals surface area contributed by atoms with Gasteiger partial charge < -0.3 is 10.6 Å². The molecule has 0 amide bonds. The van der Waals surface area contributed by atoms with Gasteiger partial charge in [0.2, 0.25) is 0 Å². The van der Waals surface area contributed by atoms with Crippen molar-refractivity contribution in [2.75, 3.05) is 24.7 Å². The lowest BCUT2D eigenvalue weighted by Crippen LogP contribution is -2.13. The molecule has 2 N–H and O–H groups in total. The number of rotatable bonds is 1. The fourth-order valence-corrected chi connectivity index (χ4v) is 1.51. The molecule has 1 heterocycles. The SMILES string of the molecule is CN(C)c1nc(N)n[p+](C)n1. The molecule has 0 aromatic carbocycles. The molecule has 0 aliphatic carbocycles. The minimum absolute atomic E-state index is 0.331. The normalized spacial score (nSPS) is 11.4. The first-order valence-electron chi connectivity index (χ1n) is 3.15. The Morgan fingerprint density at radius 2 is 2.00 bits per heavy atom. The van der Waals surface area contributed by atoms with Crippen LogP contribution in [0.5, 0.6) is 0 Å². The molecule has 0 saturated heterocycles. The molecule has 0 aliphatic rings. The minimum Gasteiger partial charge on any atom is -0.365 e. The quantitative estimate of drug-likeness (QED) is 0.660. The van der Waals surface area contributed by atoms with Crippen LogP contribution in [0.3, 0.4) is 0 Å². The molecule has 5 nitrogen and oxygen atoms in total. The maximum atomic E-state index is 5.45. The molecule has 1 unspecified atom stereocenters. The van der Waals surface area contributed by atoms with Crippen LogP contribution < -0.4 is 10.6 Å². The fourth-order valence-electron chi connectivity index (χ4n) is 0.637. The fraction of sp³-hybridized carbons (Fsp3) is 0.600. The van der Waals surface area contributed by atoms with Crippen LogP contribution in [0.25, 0.3) is 0 Å². The summed E-state index contributed by atoms with van der Waals surface area (Å²) in [5, 5.41) is 0. The van der Waals surface area contributed by atoms with E-state index in [2.05, 4.69) is 14.5 Å². The van der Waals surface area contributed by atoms with Crippen molar-refractivity contribution < 1.29 is 0 Å². The van der Waals surface area contributed by atoms with E-state index in [1.165, 1.54) is 0 Å². The lowest BCUT2D eigenvalue weighted by atomic mass is 10.8. The van der Waals surface area contributed by atoms with Gasteiger partial charge >= 0.3 is 7.85 Å². The molecule has 60 valence electrons. The van der Waals surface area contributed by atoms with Crippen molar-refractivity contribution in [2.45, 2.75) is 0 Å². The van der Waals surface area contributed by atoms with E-state index in [1.807, 2.05) is 25.7 Å². The Labute approximate surface area is 66.5 Å². The molecule has 0 spiro atoms. The van der Waals surface area contributed by atoms with Gasteiger partial charge in [0.1, 0.15) is 6.66 Å². The van der Waals surface area contributed by atoms with E-state index >= 15 is 0 Å². The summed E-state index contributed by atoms with van der Waals surface area (Å²) in [6.45, 7) is 1.93. The van der Waals surface area contributed by atoms with E-state index < -0.39 is 7.85 Å². The van der Waals surface area contributed by atoms with E-state index in [1.54, 1.807) is 0 Å². The van der Waals surface area contributed by atoms with E-state index in [-0.39, 0.29) is 0 Å². The maximum absolute atomic E-state index is 5.45. The third-order valence-corrected chi connectivity index (χ3v) is 2.06. The number of hydrogen-bond donors (Lipinski definition) is 1. The Bertz CT molecular complexity index is 241. The number of nitrogens with zero attached hydrogens (tertiary/aromatic N) is 4. The summed E-state index contributed by atoms with van der Waals surface area (Å²) in [7, 11) is 3.07. The highest BCUT2D eigenvalue weighted by atomic mass is 31.1. The summed E-state index contributed by atoms with van der Waals surface area (Å²) in [5.74, 6) is 0.989. The van der Waals surface area contributed by atoms with Crippen LogP contribution in [-0.4, -0.2) is 28.6 Å². The zero-order valence-electron chi connectivity index (χ0n) is 6.81. The maximum Gasteiger partial charge on any atom is 0.355 e. The van der Waals surface area contributed by atoms with Crippen molar-refractivity contribution in [1.82, 2.24) is 14.5 Å². The molecule has 1 rings (SSSR count). The molecule has 0 saturated carbocycles. The third kappa shape index (κ3) is 1.98. The van der Waals surface area contributed by atoms with Gasteiger partial charge in [0, 0.05) is 14.1 Å². The predicted octanol–water partition coefficient (Wildman–Crippen LogP) is 0.324. The van der Waals surface area contributed by atoms with Gasteiger partial charge in [-0.05, 0) is 9.49 Å². The number of nitrogens with two attached hydrogens (primary N) is 1. The first kappa shape index (κ1) is 8.14. The average Bonchev–Trinajstić information content (AvgIpc) is 1.85. The molecule has 1 aromatic heterocycles. The number of aromatic nitrogens is 3. The Hall–Kier alpha value is -0.960. The Balaban J connectivity index is 3.08. The van der Waals surface area contributed by atoms with Crippen LogP contribution in [0.1, 0.15) is 0 Å². The Kier molecular flexibility index (Phi) is 2.19. The zero-order chi connectivity index (χ0) is 8.43. The molecule has 6 heteroatoms. The van der Waals surface area contributed by atoms with Gasteiger partial charge in [-0.15, -0.1) is 0 Å². The highest BCUT2D eigenvalue weighted by Gasteiger charge is 2.10. The van der Waals surface area contributed by atoms with Crippen molar-refractivity contribution in [3.63, 3.8) is 0 Å². The second-order valence-electron chi connectivity index (χ2n) is 2.35. The minimum atomic E-state index is -0.687. The van der Waals surface area contributed by atoms with Crippen LogP contribution in [-0.2, 0) is 6.66 Å². The predicted molar refractivity (Wildman–Crippen MR) is 46.7 cm³/mol. The van der Waals surface area contributed by atoms with Gasteiger partial charge in [0.05, 0.1) is 0 Å². The highest BCUT2D eigenvalue weighted by Crippen LogP contribution is 2.17. The number of aryl methyl sites for hydroxylation is 1. The molecule has 0 radical (unpaired) electrons. The monoisotopic (exact) mass is 172 g/mol. The summed E-state index contributed by atoms with van der Waals surface area (Å²) in [5.41, 5.74) is 5.45. The van der Waals surface area contributed by atoms with Crippen LogP contribution in [0.2, 0.25) is 0 Å².